The minimum Gasteiger partial charge on any atom is -0.387 e. The van der Waals surface area contributed by atoms with Crippen molar-refractivity contribution in [1.29, 1.82) is 0 Å². The first-order chi connectivity index (χ1) is 14.6. The molecule has 2 bridgehead atoms. The van der Waals surface area contributed by atoms with Gasteiger partial charge in [0.05, 0.1) is 26.2 Å². The number of nitrogen functional groups attached to an aromatic ring is 2. The fourth-order valence-electron chi connectivity index (χ4n) is 4.58. The van der Waals surface area contributed by atoms with Crippen molar-refractivity contribution in [1.82, 2.24) is 9.97 Å². The van der Waals surface area contributed by atoms with Crippen LogP contribution in [0.2, 0.25) is 5.15 Å². The summed E-state index contributed by atoms with van der Waals surface area (Å²) in [5.74, 6) is 1.33. The zero-order valence-electron chi connectivity index (χ0n) is 19.2. The fraction of sp³-hybridized carbons (Fsp3) is 0.636. The van der Waals surface area contributed by atoms with Crippen LogP contribution in [-0.2, 0) is 0 Å². The summed E-state index contributed by atoms with van der Waals surface area (Å²) in [5.41, 5.74) is 17.3. The molecule has 3 aliphatic rings. The van der Waals surface area contributed by atoms with E-state index in [2.05, 4.69) is 41.8 Å². The van der Waals surface area contributed by atoms with Crippen LogP contribution in [-0.4, -0.2) is 52.4 Å². The molecule has 6 N–H and O–H groups in total. The number of hydrogen-bond donors (Lipinski definition) is 3. The Hall–Kier alpha value is -2.19. The number of amides is 1. The monoisotopic (exact) mass is 450 g/mol. The predicted octanol–water partition coefficient (Wildman–Crippen LogP) is 3.42. The number of carbonyl (C=O) groups is 1. The van der Waals surface area contributed by atoms with E-state index < -0.39 is 5.91 Å². The molecule has 0 spiro atoms. The molecule has 9 heteroatoms. The SMILES string of the molecule is CC(N)=NC(=O)c1nc(Cl)c(N)nc1N.CCCC1C[N+]2(CC=C(C)C)CCC1CC2. The van der Waals surface area contributed by atoms with E-state index in [1.54, 1.807) is 0 Å². The number of hydrogen-bond acceptors (Lipinski definition) is 5. The smallest absolute Gasteiger partial charge is 0.301 e. The van der Waals surface area contributed by atoms with E-state index in [4.69, 9.17) is 28.8 Å². The van der Waals surface area contributed by atoms with Gasteiger partial charge in [-0.05, 0) is 39.2 Å². The van der Waals surface area contributed by atoms with Gasteiger partial charge in [0.25, 0.3) is 0 Å². The molecule has 0 radical (unpaired) electrons. The molecule has 1 amide bonds. The molecular weight excluding hydrogens is 414 g/mol. The second-order valence-electron chi connectivity index (χ2n) is 9.01. The van der Waals surface area contributed by atoms with Crippen molar-refractivity contribution >= 4 is 35.0 Å². The van der Waals surface area contributed by atoms with Crippen molar-refractivity contribution in [3.05, 3.63) is 22.5 Å². The Kier molecular flexibility index (Phi) is 8.82. The molecule has 1 aromatic heterocycles. The molecular formula is C22H37ClN7O+. The van der Waals surface area contributed by atoms with Crippen molar-refractivity contribution in [2.75, 3.05) is 37.6 Å². The summed E-state index contributed by atoms with van der Waals surface area (Å²) in [4.78, 5) is 22.1. The first kappa shape index (κ1) is 25.1. The Morgan fingerprint density at radius 1 is 1.19 bits per heavy atom. The maximum absolute atomic E-state index is 11.4. The Morgan fingerprint density at radius 2 is 1.84 bits per heavy atom. The Labute approximate surface area is 190 Å². The predicted molar refractivity (Wildman–Crippen MR) is 128 cm³/mol. The molecule has 1 atom stereocenters. The first-order valence-electron chi connectivity index (χ1n) is 11.0. The number of allylic oxidation sites excluding steroid dienone is 1. The van der Waals surface area contributed by atoms with Crippen LogP contribution >= 0.6 is 11.6 Å². The number of nitrogens with zero attached hydrogens (tertiary/aromatic N) is 4. The molecule has 3 fully saturated rings. The lowest BCUT2D eigenvalue weighted by molar-refractivity contribution is -0.942. The molecule has 0 saturated carbocycles. The minimum absolute atomic E-state index is 0.0424. The highest BCUT2D eigenvalue weighted by Crippen LogP contribution is 2.39. The number of halogens is 1. The van der Waals surface area contributed by atoms with Gasteiger partial charge in [-0.15, -0.1) is 0 Å². The molecule has 0 aliphatic carbocycles. The van der Waals surface area contributed by atoms with E-state index in [1.165, 1.54) is 68.8 Å². The van der Waals surface area contributed by atoms with Gasteiger partial charge < -0.3 is 21.7 Å². The zero-order chi connectivity index (χ0) is 23.2. The third-order valence-electron chi connectivity index (χ3n) is 6.17. The van der Waals surface area contributed by atoms with Crippen molar-refractivity contribution in [3.63, 3.8) is 0 Å². The van der Waals surface area contributed by atoms with Gasteiger partial charge in [0, 0.05) is 18.8 Å². The van der Waals surface area contributed by atoms with E-state index in [0.717, 1.165) is 11.8 Å². The number of fused-ring (bicyclic) bond motifs is 3. The second-order valence-corrected chi connectivity index (χ2v) is 9.37. The number of rotatable bonds is 5. The van der Waals surface area contributed by atoms with Crippen molar-refractivity contribution < 1.29 is 9.28 Å². The number of piperidine rings is 3. The fourth-order valence-corrected chi connectivity index (χ4v) is 4.71. The highest BCUT2D eigenvalue weighted by Gasteiger charge is 2.44. The third-order valence-corrected chi connectivity index (χ3v) is 6.45. The molecule has 0 aromatic carbocycles. The maximum Gasteiger partial charge on any atom is 0.301 e. The summed E-state index contributed by atoms with van der Waals surface area (Å²) >= 11 is 5.58. The summed E-state index contributed by atoms with van der Waals surface area (Å²) in [6, 6.07) is 0. The van der Waals surface area contributed by atoms with Crippen molar-refractivity contribution in [3.8, 4) is 0 Å². The summed E-state index contributed by atoms with van der Waals surface area (Å²) < 4.78 is 1.41. The number of amidine groups is 1. The van der Waals surface area contributed by atoms with Crippen LogP contribution < -0.4 is 17.2 Å². The van der Waals surface area contributed by atoms with Gasteiger partial charge in [0.2, 0.25) is 0 Å². The molecule has 31 heavy (non-hydrogen) atoms. The van der Waals surface area contributed by atoms with Gasteiger partial charge in [-0.1, -0.05) is 30.5 Å². The lowest BCUT2D eigenvalue weighted by Gasteiger charge is -2.52. The topological polar surface area (TPSA) is 133 Å². The van der Waals surface area contributed by atoms with E-state index in [1.807, 2.05) is 0 Å². The number of aromatic nitrogens is 2. The Balaban J connectivity index is 0.000000221. The third kappa shape index (κ3) is 6.90. The zero-order valence-corrected chi connectivity index (χ0v) is 20.0. The van der Waals surface area contributed by atoms with Crippen LogP contribution in [0.25, 0.3) is 0 Å². The average molecular weight is 451 g/mol. The minimum atomic E-state index is -0.707. The quantitative estimate of drug-likeness (QED) is 0.272. The van der Waals surface area contributed by atoms with Crippen LogP contribution in [0.5, 0.6) is 0 Å². The molecule has 4 heterocycles. The highest BCUT2D eigenvalue weighted by atomic mass is 35.5. The number of nitrogens with two attached hydrogens (primary N) is 3. The van der Waals surface area contributed by atoms with Crippen LogP contribution in [0.1, 0.15) is 63.9 Å². The second kappa shape index (κ2) is 10.9. The molecule has 3 aliphatic heterocycles. The number of aliphatic imine (C=N–C) groups is 1. The Morgan fingerprint density at radius 3 is 2.39 bits per heavy atom. The lowest BCUT2D eigenvalue weighted by Crippen LogP contribution is -2.61. The van der Waals surface area contributed by atoms with Gasteiger partial charge in [-0.3, -0.25) is 4.79 Å². The largest absolute Gasteiger partial charge is 0.387 e. The number of quaternary nitrogens is 1. The van der Waals surface area contributed by atoms with Gasteiger partial charge in [-0.2, -0.15) is 4.99 Å². The molecule has 8 nitrogen and oxygen atoms in total. The van der Waals surface area contributed by atoms with Crippen LogP contribution in [0.4, 0.5) is 11.6 Å². The first-order valence-corrected chi connectivity index (χ1v) is 11.4. The number of anilines is 2. The van der Waals surface area contributed by atoms with Gasteiger partial charge in [0.15, 0.2) is 22.5 Å². The van der Waals surface area contributed by atoms with E-state index in [-0.39, 0.29) is 28.3 Å². The summed E-state index contributed by atoms with van der Waals surface area (Å²) in [7, 11) is 0. The standard InChI is InChI=1S/C15H28N.C7H9ClN6O/c1-4-5-15-12-16(9-6-13(2)3)10-7-14(15)8-11-16;1-2(9)12-7(15)3-5(10)14-6(11)4(8)13-3/h6,14-15H,4-5,7-12H2,1-3H3;1H3,(H2,9,12,15)(H4,10,11,14)/q+1;. The summed E-state index contributed by atoms with van der Waals surface area (Å²) in [6.07, 6.45) is 8.32. The number of carbonyl (C=O) groups excluding carboxylic acids is 1. The Bertz CT molecular complexity index is 837. The van der Waals surface area contributed by atoms with Crippen molar-refractivity contribution in [2.45, 2.75) is 53.4 Å². The highest BCUT2D eigenvalue weighted by molar-refractivity contribution is 6.31. The van der Waals surface area contributed by atoms with E-state index in [0.29, 0.717) is 0 Å². The van der Waals surface area contributed by atoms with Crippen LogP contribution in [0, 0.1) is 11.8 Å². The van der Waals surface area contributed by atoms with Crippen LogP contribution in [0.3, 0.4) is 0 Å². The molecule has 3 saturated heterocycles. The van der Waals surface area contributed by atoms with Gasteiger partial charge in [0.1, 0.15) is 5.84 Å². The normalized spacial score (nSPS) is 24.9. The van der Waals surface area contributed by atoms with Gasteiger partial charge >= 0.3 is 5.91 Å². The summed E-state index contributed by atoms with van der Waals surface area (Å²) in [5, 5.41) is -0.0996. The summed E-state index contributed by atoms with van der Waals surface area (Å²) in [6.45, 7) is 14.0. The maximum atomic E-state index is 11.4. The molecule has 1 aromatic rings. The lowest BCUT2D eigenvalue weighted by atomic mass is 9.75. The molecule has 172 valence electrons. The molecule has 4 rings (SSSR count). The van der Waals surface area contributed by atoms with E-state index in [9.17, 15) is 4.79 Å². The molecule has 1 unspecified atom stereocenters. The van der Waals surface area contributed by atoms with Gasteiger partial charge in [-0.25, -0.2) is 9.97 Å². The average Bonchev–Trinajstić information content (AvgIpc) is 2.70. The van der Waals surface area contributed by atoms with E-state index >= 15 is 0 Å². The van der Waals surface area contributed by atoms with Crippen LogP contribution in [0.15, 0.2) is 16.6 Å². The van der Waals surface area contributed by atoms with Crippen molar-refractivity contribution in [2.24, 2.45) is 22.6 Å².